The first-order chi connectivity index (χ1) is 5.92. The van der Waals surface area contributed by atoms with Gasteiger partial charge in [0.25, 0.3) is 0 Å². The first-order valence-corrected chi connectivity index (χ1v) is 5.59. The van der Waals surface area contributed by atoms with Gasteiger partial charge in [-0.05, 0) is 56.4 Å². The molecule has 0 aliphatic heterocycles. The summed E-state index contributed by atoms with van der Waals surface area (Å²) in [6.07, 6.45) is 7.61. The van der Waals surface area contributed by atoms with E-state index in [2.05, 4.69) is 12.4 Å². The molecule has 3 rings (SSSR count). The summed E-state index contributed by atoms with van der Waals surface area (Å²) in [7, 11) is 2.16. The van der Waals surface area contributed by atoms with E-state index < -0.39 is 0 Å². The second-order valence-electron chi connectivity index (χ2n) is 4.99. The van der Waals surface area contributed by atoms with E-state index in [1.165, 1.54) is 19.3 Å². The van der Waals surface area contributed by atoms with Gasteiger partial charge in [-0.25, -0.2) is 0 Å². The summed E-state index contributed by atoms with van der Waals surface area (Å²) >= 11 is 0. The Bertz CT molecular complexity index is 175. The Morgan fingerprint density at radius 3 is 2.25 bits per heavy atom. The minimum atomic E-state index is 0.903. The van der Waals surface area contributed by atoms with Gasteiger partial charge in [-0.2, -0.15) is 0 Å². The highest BCUT2D eigenvalue weighted by molar-refractivity contribution is 5.09. The second-order valence-corrected chi connectivity index (χ2v) is 4.99. The molecule has 3 fully saturated rings. The maximum absolute atomic E-state index is 3.55. The molecule has 3 saturated carbocycles. The molecule has 0 spiro atoms. The van der Waals surface area contributed by atoms with Crippen LogP contribution in [0.4, 0.5) is 0 Å². The maximum Gasteiger partial charge on any atom is 0.0126 e. The molecule has 3 unspecified atom stereocenters. The van der Waals surface area contributed by atoms with Crippen molar-refractivity contribution in [2.45, 2.75) is 38.1 Å². The monoisotopic (exact) mass is 165 g/mol. The van der Waals surface area contributed by atoms with Crippen molar-refractivity contribution < 1.29 is 0 Å². The quantitative estimate of drug-likeness (QED) is 0.674. The molecule has 3 atom stereocenters. The average Bonchev–Trinajstić information content (AvgIpc) is 2.98. The van der Waals surface area contributed by atoms with Gasteiger partial charge in [0.1, 0.15) is 0 Å². The Morgan fingerprint density at radius 1 is 1.08 bits per heavy atom. The van der Waals surface area contributed by atoms with Gasteiger partial charge >= 0.3 is 0 Å². The number of rotatable bonds is 3. The molecule has 0 amide bonds. The average molecular weight is 165 g/mol. The number of hydrogen-bond acceptors (Lipinski definition) is 1. The molecule has 0 aromatic carbocycles. The van der Waals surface area contributed by atoms with Gasteiger partial charge in [-0.15, -0.1) is 0 Å². The third-order valence-electron chi connectivity index (χ3n) is 4.35. The Labute approximate surface area is 74.9 Å². The van der Waals surface area contributed by atoms with E-state index in [9.17, 15) is 0 Å². The fourth-order valence-electron chi connectivity index (χ4n) is 3.61. The van der Waals surface area contributed by atoms with Gasteiger partial charge in [0.15, 0.2) is 0 Å². The van der Waals surface area contributed by atoms with Crippen molar-refractivity contribution in [1.29, 1.82) is 0 Å². The molecule has 0 heterocycles. The van der Waals surface area contributed by atoms with Crippen LogP contribution in [0.1, 0.15) is 32.1 Å². The number of nitrogens with one attached hydrogen (secondary N) is 1. The van der Waals surface area contributed by atoms with Crippen LogP contribution in [0.2, 0.25) is 0 Å². The van der Waals surface area contributed by atoms with Crippen molar-refractivity contribution in [1.82, 2.24) is 5.32 Å². The van der Waals surface area contributed by atoms with Crippen LogP contribution >= 0.6 is 0 Å². The smallest absolute Gasteiger partial charge is 0.0126 e. The summed E-state index contributed by atoms with van der Waals surface area (Å²) in [6.45, 7) is 0. The first kappa shape index (κ1) is 7.37. The molecule has 0 radical (unpaired) electrons. The molecule has 0 saturated heterocycles. The lowest BCUT2D eigenvalue weighted by Crippen LogP contribution is -2.31. The summed E-state index contributed by atoms with van der Waals surface area (Å²) in [5.41, 5.74) is 0. The zero-order chi connectivity index (χ0) is 8.13. The van der Waals surface area contributed by atoms with E-state index in [1.807, 2.05) is 0 Å². The van der Waals surface area contributed by atoms with Gasteiger partial charge < -0.3 is 5.32 Å². The number of fused-ring (bicyclic) bond motifs is 1. The van der Waals surface area contributed by atoms with Gasteiger partial charge in [0, 0.05) is 6.04 Å². The summed E-state index contributed by atoms with van der Waals surface area (Å²) < 4.78 is 0. The summed E-state index contributed by atoms with van der Waals surface area (Å²) in [4.78, 5) is 0. The fraction of sp³-hybridized carbons (Fsp3) is 1.00. The van der Waals surface area contributed by atoms with Crippen molar-refractivity contribution in [2.75, 3.05) is 7.05 Å². The van der Waals surface area contributed by atoms with Crippen LogP contribution in [0.5, 0.6) is 0 Å². The molecule has 1 heteroatoms. The zero-order valence-electron chi connectivity index (χ0n) is 7.92. The highest BCUT2D eigenvalue weighted by atomic mass is 14.9. The van der Waals surface area contributed by atoms with Crippen molar-refractivity contribution in [3.63, 3.8) is 0 Å². The summed E-state index contributed by atoms with van der Waals surface area (Å²) in [6, 6.07) is 0.903. The van der Waals surface area contributed by atoms with Crippen molar-refractivity contribution in [2.24, 2.45) is 23.7 Å². The van der Waals surface area contributed by atoms with E-state index in [-0.39, 0.29) is 0 Å². The third kappa shape index (κ3) is 0.953. The molecule has 0 aromatic rings. The lowest BCUT2D eigenvalue weighted by molar-refractivity contribution is 0.392. The maximum atomic E-state index is 3.55. The van der Waals surface area contributed by atoms with Gasteiger partial charge in [0.2, 0.25) is 0 Å². The van der Waals surface area contributed by atoms with Gasteiger partial charge in [0.05, 0.1) is 0 Å². The summed E-state index contributed by atoms with van der Waals surface area (Å²) in [5, 5.41) is 3.55. The van der Waals surface area contributed by atoms with Gasteiger partial charge in [-0.3, -0.25) is 0 Å². The fourth-order valence-corrected chi connectivity index (χ4v) is 3.61. The summed E-state index contributed by atoms with van der Waals surface area (Å²) in [5.74, 6) is 4.44. The van der Waals surface area contributed by atoms with Crippen LogP contribution in [0.25, 0.3) is 0 Å². The Balaban J connectivity index is 1.65. The van der Waals surface area contributed by atoms with Crippen LogP contribution in [-0.2, 0) is 0 Å². The van der Waals surface area contributed by atoms with Crippen molar-refractivity contribution in [3.05, 3.63) is 0 Å². The predicted octanol–water partition coefficient (Wildman–Crippen LogP) is 2.03. The number of hydrogen-bond donors (Lipinski definition) is 1. The minimum absolute atomic E-state index is 0.903. The molecule has 0 aromatic heterocycles. The molecule has 3 aliphatic rings. The van der Waals surface area contributed by atoms with Crippen LogP contribution in [0.15, 0.2) is 0 Å². The standard InChI is InChI=1S/C11H19N/c1-12-11(7-5-6-7)10-8-3-2-4-9(8)10/h7-12H,2-6H2,1H3. The molecular formula is C11H19N. The van der Waals surface area contributed by atoms with Crippen LogP contribution in [-0.4, -0.2) is 13.1 Å². The molecule has 1 N–H and O–H groups in total. The minimum Gasteiger partial charge on any atom is -0.316 e. The van der Waals surface area contributed by atoms with E-state index in [0.717, 1.165) is 29.7 Å². The molecule has 1 nitrogen and oxygen atoms in total. The highest BCUT2D eigenvalue weighted by Gasteiger charge is 2.57. The molecular weight excluding hydrogens is 146 g/mol. The van der Waals surface area contributed by atoms with Crippen LogP contribution in [0, 0.1) is 23.7 Å². The predicted molar refractivity (Wildman–Crippen MR) is 49.9 cm³/mol. The van der Waals surface area contributed by atoms with Crippen LogP contribution < -0.4 is 5.32 Å². The van der Waals surface area contributed by atoms with Crippen molar-refractivity contribution in [3.8, 4) is 0 Å². The third-order valence-corrected chi connectivity index (χ3v) is 4.35. The lowest BCUT2D eigenvalue weighted by atomic mass is 10.0. The highest BCUT2D eigenvalue weighted by Crippen LogP contribution is 2.61. The first-order valence-electron chi connectivity index (χ1n) is 5.59. The van der Waals surface area contributed by atoms with E-state index in [0.29, 0.717) is 0 Å². The van der Waals surface area contributed by atoms with Crippen molar-refractivity contribution >= 4 is 0 Å². The topological polar surface area (TPSA) is 12.0 Å². The van der Waals surface area contributed by atoms with Gasteiger partial charge in [-0.1, -0.05) is 6.42 Å². The Hall–Kier alpha value is -0.0400. The molecule has 0 bridgehead atoms. The van der Waals surface area contributed by atoms with E-state index in [4.69, 9.17) is 0 Å². The molecule has 3 aliphatic carbocycles. The Kier molecular flexibility index (Phi) is 1.52. The normalized spacial score (nSPS) is 47.2. The molecule has 68 valence electrons. The lowest BCUT2D eigenvalue weighted by Gasteiger charge is -2.16. The SMILES string of the molecule is CNC(C1CC1)C1C2CCCC21. The van der Waals surface area contributed by atoms with E-state index in [1.54, 1.807) is 12.8 Å². The second kappa shape index (κ2) is 2.47. The largest absolute Gasteiger partial charge is 0.316 e. The van der Waals surface area contributed by atoms with Crippen LogP contribution in [0.3, 0.4) is 0 Å². The zero-order valence-corrected chi connectivity index (χ0v) is 7.92. The van der Waals surface area contributed by atoms with E-state index >= 15 is 0 Å². The molecule has 12 heavy (non-hydrogen) atoms. The Morgan fingerprint density at radius 2 is 1.75 bits per heavy atom.